The van der Waals surface area contributed by atoms with Crippen LogP contribution in [0, 0.1) is 0 Å². The van der Waals surface area contributed by atoms with Gasteiger partial charge in [-0.25, -0.2) is 4.79 Å². The Labute approximate surface area is 139 Å². The molecule has 1 atom stereocenters. The summed E-state index contributed by atoms with van der Waals surface area (Å²) < 4.78 is 10.6. The van der Waals surface area contributed by atoms with Crippen molar-refractivity contribution in [3.05, 3.63) is 0 Å². The van der Waals surface area contributed by atoms with E-state index in [-0.39, 0.29) is 12.1 Å². The van der Waals surface area contributed by atoms with E-state index in [1.807, 2.05) is 34.6 Å². The van der Waals surface area contributed by atoms with Crippen LogP contribution in [0.2, 0.25) is 0 Å². The van der Waals surface area contributed by atoms with E-state index < -0.39 is 5.60 Å². The molecule has 1 saturated heterocycles. The molecule has 7 nitrogen and oxygen atoms in total. The number of nitrogens with zero attached hydrogens (tertiary/aromatic N) is 2. The van der Waals surface area contributed by atoms with E-state index in [9.17, 15) is 4.79 Å². The maximum atomic E-state index is 11.8. The van der Waals surface area contributed by atoms with Gasteiger partial charge in [0.05, 0.1) is 19.2 Å². The minimum absolute atomic E-state index is 0.0839. The molecule has 1 rings (SSSR count). The normalized spacial score (nSPS) is 18.9. The van der Waals surface area contributed by atoms with Gasteiger partial charge in [0.25, 0.3) is 0 Å². The van der Waals surface area contributed by atoms with Gasteiger partial charge in [0.2, 0.25) is 0 Å². The lowest BCUT2D eigenvalue weighted by molar-refractivity contribution is 0.0507. The van der Waals surface area contributed by atoms with E-state index in [2.05, 4.69) is 20.5 Å². The number of hydrogen-bond donors (Lipinski definition) is 2. The summed E-state index contributed by atoms with van der Waals surface area (Å²) in [5.74, 6) is 0.876. The molecule has 0 saturated carbocycles. The number of guanidine groups is 1. The first-order chi connectivity index (χ1) is 10.9. The van der Waals surface area contributed by atoms with Crippen LogP contribution in [0.4, 0.5) is 4.79 Å². The number of likely N-dealkylation sites (tertiary alicyclic amines) is 1. The van der Waals surface area contributed by atoms with Crippen molar-refractivity contribution < 1.29 is 14.3 Å². The number of hydrogen-bond acceptors (Lipinski definition) is 4. The molecule has 0 aliphatic carbocycles. The minimum atomic E-state index is -0.474. The van der Waals surface area contributed by atoms with Gasteiger partial charge in [-0.05, 0) is 41.0 Å². The largest absolute Gasteiger partial charge is 0.444 e. The second kappa shape index (κ2) is 9.60. The number of carbonyl (C=O) groups excluding carboxylic acids is 1. The molecule has 23 heavy (non-hydrogen) atoms. The molecular weight excluding hydrogens is 296 g/mol. The Balaban J connectivity index is 2.47. The first kappa shape index (κ1) is 19.5. The van der Waals surface area contributed by atoms with Crippen LogP contribution in [0.25, 0.3) is 0 Å². The standard InChI is InChI=1S/C16H32N4O3/c1-6-17-14(18-9-11-22-7-2)20-10-8-13(12-20)19-15(21)23-16(3,4)5/h13H,6-12H2,1-5H3,(H,17,18)(H,19,21). The molecule has 1 unspecified atom stereocenters. The first-order valence-electron chi connectivity index (χ1n) is 8.46. The fourth-order valence-corrected chi connectivity index (χ4v) is 2.33. The van der Waals surface area contributed by atoms with Crippen LogP contribution in [-0.4, -0.2) is 68.0 Å². The quantitative estimate of drug-likeness (QED) is 0.440. The number of alkyl carbamates (subject to hydrolysis) is 1. The lowest BCUT2D eigenvalue weighted by Crippen LogP contribution is -2.44. The zero-order chi connectivity index (χ0) is 17.3. The maximum Gasteiger partial charge on any atom is 0.407 e. The van der Waals surface area contributed by atoms with E-state index in [1.165, 1.54) is 0 Å². The predicted octanol–water partition coefficient (Wildman–Crippen LogP) is 1.59. The highest BCUT2D eigenvalue weighted by Gasteiger charge is 2.27. The lowest BCUT2D eigenvalue weighted by atomic mass is 10.2. The second-order valence-corrected chi connectivity index (χ2v) is 6.51. The number of rotatable bonds is 6. The zero-order valence-electron chi connectivity index (χ0n) is 15.1. The van der Waals surface area contributed by atoms with E-state index in [0.717, 1.165) is 32.0 Å². The van der Waals surface area contributed by atoms with E-state index in [4.69, 9.17) is 9.47 Å². The molecule has 0 aromatic carbocycles. The Hall–Kier alpha value is -1.50. The Morgan fingerprint density at radius 3 is 2.70 bits per heavy atom. The van der Waals surface area contributed by atoms with Crippen LogP contribution in [-0.2, 0) is 9.47 Å². The molecule has 0 bridgehead atoms. The summed E-state index contributed by atoms with van der Waals surface area (Å²) in [5.41, 5.74) is -0.474. The second-order valence-electron chi connectivity index (χ2n) is 6.51. The van der Waals surface area contributed by atoms with Crippen molar-refractivity contribution in [1.29, 1.82) is 0 Å². The van der Waals surface area contributed by atoms with Gasteiger partial charge in [-0.15, -0.1) is 0 Å². The molecule has 7 heteroatoms. The molecule has 134 valence electrons. The van der Waals surface area contributed by atoms with Crippen molar-refractivity contribution in [3.8, 4) is 0 Å². The molecular formula is C16H32N4O3. The molecule has 1 amide bonds. The first-order valence-corrected chi connectivity index (χ1v) is 8.46. The third-order valence-corrected chi connectivity index (χ3v) is 3.24. The molecule has 1 aliphatic rings. The number of nitrogens with one attached hydrogen (secondary N) is 2. The van der Waals surface area contributed by atoms with Crippen molar-refractivity contribution >= 4 is 12.1 Å². The fraction of sp³-hybridized carbons (Fsp3) is 0.875. The Morgan fingerprint density at radius 1 is 1.35 bits per heavy atom. The van der Waals surface area contributed by atoms with Gasteiger partial charge in [-0.1, -0.05) is 0 Å². The summed E-state index contributed by atoms with van der Waals surface area (Å²) in [6.07, 6.45) is 0.525. The lowest BCUT2D eigenvalue weighted by Gasteiger charge is -2.23. The molecule has 1 aliphatic heterocycles. The molecule has 1 fully saturated rings. The van der Waals surface area contributed by atoms with Gasteiger partial charge in [0.1, 0.15) is 5.60 Å². The van der Waals surface area contributed by atoms with Crippen molar-refractivity contribution in [3.63, 3.8) is 0 Å². The number of aliphatic imine (C=N–C) groups is 1. The predicted molar refractivity (Wildman–Crippen MR) is 91.8 cm³/mol. The number of ether oxygens (including phenoxy) is 2. The molecule has 0 aromatic heterocycles. The van der Waals surface area contributed by atoms with Crippen molar-refractivity contribution in [2.45, 2.75) is 52.7 Å². The van der Waals surface area contributed by atoms with Gasteiger partial charge < -0.3 is 25.0 Å². The fourth-order valence-electron chi connectivity index (χ4n) is 2.33. The smallest absolute Gasteiger partial charge is 0.407 e. The zero-order valence-corrected chi connectivity index (χ0v) is 15.1. The highest BCUT2D eigenvalue weighted by Crippen LogP contribution is 2.12. The SMILES string of the molecule is CCNC(=NCCOCC)N1CCC(NC(=O)OC(C)(C)C)C1. The topological polar surface area (TPSA) is 75.2 Å². The highest BCUT2D eigenvalue weighted by atomic mass is 16.6. The molecule has 1 heterocycles. The minimum Gasteiger partial charge on any atom is -0.444 e. The van der Waals surface area contributed by atoms with Gasteiger partial charge in [-0.3, -0.25) is 4.99 Å². The average Bonchev–Trinajstić information content (AvgIpc) is 2.88. The monoisotopic (exact) mass is 328 g/mol. The van der Waals surface area contributed by atoms with Crippen LogP contribution in [0.5, 0.6) is 0 Å². The molecule has 0 radical (unpaired) electrons. The summed E-state index contributed by atoms with van der Waals surface area (Å²) in [6, 6.07) is 0.0839. The molecule has 0 spiro atoms. The summed E-state index contributed by atoms with van der Waals surface area (Å²) >= 11 is 0. The van der Waals surface area contributed by atoms with Gasteiger partial charge >= 0.3 is 6.09 Å². The summed E-state index contributed by atoms with van der Waals surface area (Å²) in [4.78, 5) is 18.6. The molecule has 2 N–H and O–H groups in total. The molecule has 0 aromatic rings. The Morgan fingerprint density at radius 2 is 2.09 bits per heavy atom. The van der Waals surface area contributed by atoms with Crippen LogP contribution >= 0.6 is 0 Å². The van der Waals surface area contributed by atoms with Gasteiger partial charge in [-0.2, -0.15) is 0 Å². The van der Waals surface area contributed by atoms with Crippen molar-refractivity contribution in [1.82, 2.24) is 15.5 Å². The van der Waals surface area contributed by atoms with E-state index in [1.54, 1.807) is 0 Å². The third-order valence-electron chi connectivity index (χ3n) is 3.24. The van der Waals surface area contributed by atoms with Crippen molar-refractivity contribution in [2.24, 2.45) is 4.99 Å². The maximum absolute atomic E-state index is 11.8. The van der Waals surface area contributed by atoms with E-state index >= 15 is 0 Å². The number of amides is 1. The van der Waals surface area contributed by atoms with Gasteiger partial charge in [0, 0.05) is 26.2 Å². The Bertz CT molecular complexity index is 393. The van der Waals surface area contributed by atoms with Crippen molar-refractivity contribution in [2.75, 3.05) is 39.4 Å². The van der Waals surface area contributed by atoms with Crippen LogP contribution in [0.1, 0.15) is 41.0 Å². The van der Waals surface area contributed by atoms with E-state index in [0.29, 0.717) is 19.8 Å². The van der Waals surface area contributed by atoms with Crippen LogP contribution in [0.15, 0.2) is 4.99 Å². The van der Waals surface area contributed by atoms with Crippen LogP contribution in [0.3, 0.4) is 0 Å². The average molecular weight is 328 g/mol. The highest BCUT2D eigenvalue weighted by molar-refractivity contribution is 5.80. The van der Waals surface area contributed by atoms with Gasteiger partial charge in [0.15, 0.2) is 5.96 Å². The summed E-state index contributed by atoms with van der Waals surface area (Å²) in [7, 11) is 0. The summed E-state index contributed by atoms with van der Waals surface area (Å²) in [6.45, 7) is 14.0. The van der Waals surface area contributed by atoms with Crippen LogP contribution < -0.4 is 10.6 Å². The number of carbonyl (C=O) groups is 1. The third kappa shape index (κ3) is 8.06. The summed E-state index contributed by atoms with van der Waals surface area (Å²) in [5, 5.41) is 6.22. The Kier molecular flexibility index (Phi) is 8.16.